The average Bonchev–Trinajstić information content (AvgIpc) is 3.04. The first-order valence-electron chi connectivity index (χ1n) is 10.3. The predicted molar refractivity (Wildman–Crippen MR) is 116 cm³/mol. The Kier molecular flexibility index (Phi) is 5.52. The van der Waals surface area contributed by atoms with Crippen molar-refractivity contribution in [3.63, 3.8) is 0 Å². The molecule has 0 unspecified atom stereocenters. The fourth-order valence-electron chi connectivity index (χ4n) is 4.55. The number of aryl methyl sites for hydroxylation is 1. The van der Waals surface area contributed by atoms with Crippen molar-refractivity contribution in [3.05, 3.63) is 65.1 Å². The molecule has 158 valence electrons. The Balaban J connectivity index is 1.51. The van der Waals surface area contributed by atoms with Gasteiger partial charge >= 0.3 is 0 Å². The first-order chi connectivity index (χ1) is 14.4. The molecule has 0 saturated carbocycles. The molecule has 2 aromatic carbocycles. The van der Waals surface area contributed by atoms with Crippen molar-refractivity contribution in [2.24, 2.45) is 0 Å². The molecular formula is C24H28FN3O2. The van der Waals surface area contributed by atoms with Gasteiger partial charge < -0.3 is 15.0 Å². The van der Waals surface area contributed by atoms with Gasteiger partial charge in [0.25, 0.3) is 0 Å². The fourth-order valence-corrected chi connectivity index (χ4v) is 4.55. The van der Waals surface area contributed by atoms with Crippen LogP contribution in [-0.4, -0.2) is 36.0 Å². The molecule has 1 saturated heterocycles. The molecule has 1 amide bonds. The number of ether oxygens (including phenoxy) is 1. The summed E-state index contributed by atoms with van der Waals surface area (Å²) in [6.07, 6.45) is 1.57. The normalized spacial score (nSPS) is 16.5. The number of fused-ring (bicyclic) bond motifs is 1. The summed E-state index contributed by atoms with van der Waals surface area (Å²) in [4.78, 5) is 17.9. The van der Waals surface area contributed by atoms with Gasteiger partial charge in [0.2, 0.25) is 5.91 Å². The van der Waals surface area contributed by atoms with Gasteiger partial charge in [-0.3, -0.25) is 9.69 Å². The third kappa shape index (κ3) is 3.92. The van der Waals surface area contributed by atoms with Crippen molar-refractivity contribution in [2.45, 2.75) is 38.8 Å². The quantitative estimate of drug-likeness (QED) is 0.662. The molecule has 0 aliphatic carbocycles. The number of hydrogen-bond acceptors (Lipinski definition) is 3. The first-order valence-corrected chi connectivity index (χ1v) is 10.3. The minimum atomic E-state index is -0.446. The van der Waals surface area contributed by atoms with E-state index in [1.807, 2.05) is 6.07 Å². The lowest BCUT2D eigenvalue weighted by atomic mass is 9.80. The summed E-state index contributed by atoms with van der Waals surface area (Å²) in [7, 11) is 1.68. The van der Waals surface area contributed by atoms with Crippen LogP contribution in [0.25, 0.3) is 10.9 Å². The zero-order valence-electron chi connectivity index (χ0n) is 17.7. The van der Waals surface area contributed by atoms with E-state index in [4.69, 9.17) is 4.74 Å². The van der Waals surface area contributed by atoms with Gasteiger partial charge in [-0.25, -0.2) is 4.39 Å². The lowest BCUT2D eigenvalue weighted by molar-refractivity contribution is -0.121. The second-order valence-corrected chi connectivity index (χ2v) is 8.19. The number of amides is 1. The van der Waals surface area contributed by atoms with Gasteiger partial charge in [0.05, 0.1) is 12.6 Å². The molecule has 1 aliphatic rings. The number of aromatic amines is 1. The molecule has 0 spiro atoms. The molecule has 2 N–H and O–H groups in total. The molecule has 30 heavy (non-hydrogen) atoms. The highest BCUT2D eigenvalue weighted by Crippen LogP contribution is 2.34. The second-order valence-electron chi connectivity index (χ2n) is 8.19. The number of piperidine rings is 1. The van der Waals surface area contributed by atoms with Crippen molar-refractivity contribution in [1.29, 1.82) is 0 Å². The van der Waals surface area contributed by atoms with E-state index in [1.54, 1.807) is 26.2 Å². The van der Waals surface area contributed by atoms with Crippen LogP contribution in [0.2, 0.25) is 0 Å². The van der Waals surface area contributed by atoms with Crippen molar-refractivity contribution in [1.82, 2.24) is 15.2 Å². The number of methoxy groups -OCH3 is 1. The number of carbonyl (C=O) groups excluding carboxylic acids is 1. The van der Waals surface area contributed by atoms with Gasteiger partial charge in [-0.15, -0.1) is 0 Å². The smallest absolute Gasteiger partial charge is 0.217 e. The maximum absolute atomic E-state index is 13.4. The van der Waals surface area contributed by atoms with Crippen LogP contribution in [0.5, 0.6) is 5.75 Å². The third-order valence-corrected chi connectivity index (χ3v) is 6.27. The van der Waals surface area contributed by atoms with Gasteiger partial charge in [-0.2, -0.15) is 0 Å². The molecule has 4 rings (SSSR count). The van der Waals surface area contributed by atoms with Crippen molar-refractivity contribution >= 4 is 16.8 Å². The number of hydrogen-bond donors (Lipinski definition) is 2. The summed E-state index contributed by atoms with van der Waals surface area (Å²) in [5.41, 5.74) is 4.07. The number of rotatable bonds is 5. The van der Waals surface area contributed by atoms with E-state index in [0.717, 1.165) is 49.3 Å². The highest BCUT2D eigenvalue weighted by atomic mass is 19.1. The van der Waals surface area contributed by atoms with E-state index in [2.05, 4.69) is 34.3 Å². The lowest BCUT2D eigenvalue weighted by Crippen LogP contribution is -2.52. The minimum absolute atomic E-state index is 0.0619. The SMILES string of the molecule is COc1ccc2[nH]c(CN3CCC(NC(C)=O)(c4ccc(F)cc4)CC3)c(C)c2c1. The van der Waals surface area contributed by atoms with E-state index in [0.29, 0.717) is 0 Å². The van der Waals surface area contributed by atoms with E-state index >= 15 is 0 Å². The summed E-state index contributed by atoms with van der Waals surface area (Å²) in [5.74, 6) is 0.529. The van der Waals surface area contributed by atoms with Crippen LogP contribution in [0, 0.1) is 12.7 Å². The Morgan fingerprint density at radius 3 is 2.53 bits per heavy atom. The Labute approximate surface area is 176 Å². The summed E-state index contributed by atoms with van der Waals surface area (Å²) >= 11 is 0. The summed E-state index contributed by atoms with van der Waals surface area (Å²) in [6, 6.07) is 12.6. The third-order valence-electron chi connectivity index (χ3n) is 6.27. The van der Waals surface area contributed by atoms with Crippen molar-refractivity contribution in [2.75, 3.05) is 20.2 Å². The Morgan fingerprint density at radius 1 is 1.20 bits per heavy atom. The minimum Gasteiger partial charge on any atom is -0.497 e. The Morgan fingerprint density at radius 2 is 1.90 bits per heavy atom. The largest absolute Gasteiger partial charge is 0.497 e. The van der Waals surface area contributed by atoms with Crippen molar-refractivity contribution in [3.8, 4) is 5.75 Å². The molecule has 0 atom stereocenters. The molecule has 0 radical (unpaired) electrons. The molecule has 5 nitrogen and oxygen atoms in total. The first kappa shape index (κ1) is 20.4. The van der Waals surface area contributed by atoms with Crippen LogP contribution in [0.1, 0.15) is 36.6 Å². The highest BCUT2D eigenvalue weighted by Gasteiger charge is 2.37. The second kappa shape index (κ2) is 8.11. The number of H-pyrrole nitrogens is 1. The van der Waals surface area contributed by atoms with Crippen molar-refractivity contribution < 1.29 is 13.9 Å². The topological polar surface area (TPSA) is 57.4 Å². The molecule has 1 aromatic heterocycles. The molecule has 3 aromatic rings. The molecule has 1 fully saturated rings. The zero-order chi connectivity index (χ0) is 21.3. The number of carbonyl (C=O) groups is 1. The maximum atomic E-state index is 13.4. The van der Waals surface area contributed by atoms with Crippen LogP contribution < -0.4 is 10.1 Å². The summed E-state index contributed by atoms with van der Waals surface area (Å²) in [6.45, 7) is 6.19. The maximum Gasteiger partial charge on any atom is 0.217 e. The number of halogens is 1. The molecule has 6 heteroatoms. The lowest BCUT2D eigenvalue weighted by Gasteiger charge is -2.42. The van der Waals surface area contributed by atoms with Crippen LogP contribution in [0.15, 0.2) is 42.5 Å². The number of nitrogens with one attached hydrogen (secondary N) is 2. The molecule has 0 bridgehead atoms. The predicted octanol–water partition coefficient (Wildman–Crippen LogP) is 4.25. The van der Waals surface area contributed by atoms with Gasteiger partial charge in [-0.05, 0) is 61.2 Å². The zero-order valence-corrected chi connectivity index (χ0v) is 17.7. The van der Waals surface area contributed by atoms with E-state index in [1.165, 1.54) is 28.8 Å². The molecule has 1 aliphatic heterocycles. The summed E-state index contributed by atoms with van der Waals surface area (Å²) in [5, 5.41) is 4.33. The van der Waals surface area contributed by atoms with Crippen LogP contribution in [0.3, 0.4) is 0 Å². The van der Waals surface area contributed by atoms with Gasteiger partial charge in [0.1, 0.15) is 11.6 Å². The monoisotopic (exact) mass is 409 g/mol. The van der Waals surface area contributed by atoms with E-state index in [-0.39, 0.29) is 11.7 Å². The number of nitrogens with zero attached hydrogens (tertiary/aromatic N) is 1. The van der Waals surface area contributed by atoms with Gasteiger partial charge in [0, 0.05) is 43.2 Å². The Hall–Kier alpha value is -2.86. The highest BCUT2D eigenvalue weighted by molar-refractivity contribution is 5.85. The van der Waals surface area contributed by atoms with Crippen LogP contribution in [-0.2, 0) is 16.9 Å². The number of benzene rings is 2. The molecule has 2 heterocycles. The summed E-state index contributed by atoms with van der Waals surface area (Å²) < 4.78 is 18.8. The van der Waals surface area contributed by atoms with Crippen LogP contribution >= 0.6 is 0 Å². The van der Waals surface area contributed by atoms with E-state index in [9.17, 15) is 9.18 Å². The number of likely N-dealkylation sites (tertiary alicyclic amines) is 1. The van der Waals surface area contributed by atoms with Gasteiger partial charge in [-0.1, -0.05) is 12.1 Å². The van der Waals surface area contributed by atoms with Crippen LogP contribution in [0.4, 0.5) is 4.39 Å². The Bertz CT molecular complexity index is 1050. The average molecular weight is 410 g/mol. The molecular weight excluding hydrogens is 381 g/mol. The van der Waals surface area contributed by atoms with E-state index < -0.39 is 5.54 Å². The standard InChI is InChI=1S/C24H28FN3O2/c1-16-21-14-20(30-3)8-9-22(21)26-23(16)15-28-12-10-24(11-13-28,27-17(2)29)18-4-6-19(25)7-5-18/h4-9,14,26H,10-13,15H2,1-3H3,(H,27,29). The number of aromatic nitrogens is 1. The fraction of sp³-hybridized carbons (Fsp3) is 0.375. The van der Waals surface area contributed by atoms with Gasteiger partial charge in [0.15, 0.2) is 0 Å².